The summed E-state index contributed by atoms with van der Waals surface area (Å²) in [5, 5.41) is 0. The van der Waals surface area contributed by atoms with Gasteiger partial charge in [0.2, 0.25) is 6.79 Å². The van der Waals surface area contributed by atoms with E-state index in [2.05, 4.69) is 26.0 Å². The Hall–Kier alpha value is -1.44. The molecule has 0 unspecified atom stereocenters. The maximum absolute atomic E-state index is 5.32. The molecule has 0 radical (unpaired) electrons. The maximum atomic E-state index is 5.32. The highest BCUT2D eigenvalue weighted by molar-refractivity contribution is 5.66. The molecule has 0 atom stereocenters. The zero-order chi connectivity index (χ0) is 9.97. The van der Waals surface area contributed by atoms with Crippen LogP contribution in [0.3, 0.4) is 0 Å². The average molecular weight is 190 g/mol. The molecule has 0 aromatic heterocycles. The lowest BCUT2D eigenvalue weighted by Gasteiger charge is -2.02. The van der Waals surface area contributed by atoms with Crippen LogP contribution >= 0.6 is 0 Å². The third-order valence-corrected chi connectivity index (χ3v) is 2.34. The second-order valence-electron chi connectivity index (χ2n) is 3.36. The van der Waals surface area contributed by atoms with E-state index in [1.54, 1.807) is 0 Å². The van der Waals surface area contributed by atoms with Crippen molar-refractivity contribution in [2.24, 2.45) is 0 Å². The van der Waals surface area contributed by atoms with Crippen LogP contribution in [0.2, 0.25) is 0 Å². The van der Waals surface area contributed by atoms with Crippen LogP contribution in [-0.2, 0) is 0 Å². The number of rotatable bonds is 2. The van der Waals surface area contributed by atoms with Gasteiger partial charge >= 0.3 is 0 Å². The number of ether oxygens (including phenoxy) is 2. The molecule has 0 saturated carbocycles. The summed E-state index contributed by atoms with van der Waals surface area (Å²) in [6, 6.07) is 6.06. The van der Waals surface area contributed by atoms with E-state index in [1.165, 1.54) is 11.1 Å². The first-order valence-electron chi connectivity index (χ1n) is 4.88. The Morgan fingerprint density at radius 2 is 2.14 bits per heavy atom. The van der Waals surface area contributed by atoms with Gasteiger partial charge in [-0.2, -0.15) is 0 Å². The van der Waals surface area contributed by atoms with E-state index >= 15 is 0 Å². The lowest BCUT2D eigenvalue weighted by atomic mass is 10.1. The van der Waals surface area contributed by atoms with E-state index in [9.17, 15) is 0 Å². The van der Waals surface area contributed by atoms with Crippen LogP contribution in [0.5, 0.6) is 11.5 Å². The van der Waals surface area contributed by atoms with E-state index in [0.717, 1.165) is 17.9 Å². The summed E-state index contributed by atoms with van der Waals surface area (Å²) in [4.78, 5) is 0. The Morgan fingerprint density at radius 1 is 1.36 bits per heavy atom. The summed E-state index contributed by atoms with van der Waals surface area (Å²) in [5.74, 6) is 1.70. The summed E-state index contributed by atoms with van der Waals surface area (Å²) >= 11 is 0. The van der Waals surface area contributed by atoms with E-state index in [-0.39, 0.29) is 0 Å². The van der Waals surface area contributed by atoms with Gasteiger partial charge in [0.05, 0.1) is 0 Å². The van der Waals surface area contributed by atoms with Gasteiger partial charge in [0.25, 0.3) is 0 Å². The largest absolute Gasteiger partial charge is 0.454 e. The van der Waals surface area contributed by atoms with Crippen LogP contribution in [0.4, 0.5) is 0 Å². The molecule has 74 valence electrons. The van der Waals surface area contributed by atoms with E-state index in [0.29, 0.717) is 6.79 Å². The second-order valence-corrected chi connectivity index (χ2v) is 3.36. The Morgan fingerprint density at radius 3 is 2.93 bits per heavy atom. The minimum Gasteiger partial charge on any atom is -0.454 e. The average Bonchev–Trinajstić information content (AvgIpc) is 2.64. The van der Waals surface area contributed by atoms with Crippen molar-refractivity contribution in [2.45, 2.75) is 20.3 Å². The number of hydrogen-bond acceptors (Lipinski definition) is 2. The molecule has 0 aliphatic carbocycles. The number of benzene rings is 1. The number of fused-ring (bicyclic) bond motifs is 1. The highest BCUT2D eigenvalue weighted by Gasteiger charge is 2.13. The zero-order valence-electron chi connectivity index (χ0n) is 8.54. The third-order valence-electron chi connectivity index (χ3n) is 2.34. The molecule has 0 spiro atoms. The molecule has 0 saturated heterocycles. The van der Waals surface area contributed by atoms with Crippen molar-refractivity contribution in [1.82, 2.24) is 0 Å². The van der Waals surface area contributed by atoms with Crippen LogP contribution in [0, 0.1) is 0 Å². The first kappa shape index (κ1) is 9.13. The van der Waals surface area contributed by atoms with Crippen LogP contribution in [0.15, 0.2) is 24.3 Å². The first-order chi connectivity index (χ1) is 6.81. The summed E-state index contributed by atoms with van der Waals surface area (Å²) in [6.07, 6.45) is 3.26. The van der Waals surface area contributed by atoms with Gasteiger partial charge in [0.15, 0.2) is 11.5 Å². The summed E-state index contributed by atoms with van der Waals surface area (Å²) in [6.45, 7) is 4.59. The fourth-order valence-electron chi connectivity index (χ4n) is 1.57. The van der Waals surface area contributed by atoms with Gasteiger partial charge in [0, 0.05) is 0 Å². The van der Waals surface area contributed by atoms with Crippen molar-refractivity contribution in [3.63, 3.8) is 0 Å². The summed E-state index contributed by atoms with van der Waals surface area (Å²) in [5.41, 5.74) is 2.49. The van der Waals surface area contributed by atoms with Gasteiger partial charge in [-0.15, -0.1) is 0 Å². The summed E-state index contributed by atoms with van der Waals surface area (Å²) in [7, 11) is 0. The first-order valence-corrected chi connectivity index (χ1v) is 4.88. The molecule has 1 heterocycles. The minimum atomic E-state index is 0.343. The number of hydrogen-bond donors (Lipinski definition) is 0. The standard InChI is InChI=1S/C12H14O2/c1-3-4-9(2)10-5-6-11-12(7-10)14-8-13-11/h4-7H,3,8H2,1-2H3/b9-4+. The molecule has 1 aliphatic rings. The molecule has 14 heavy (non-hydrogen) atoms. The highest BCUT2D eigenvalue weighted by Crippen LogP contribution is 2.34. The minimum absolute atomic E-state index is 0.343. The molecule has 0 N–H and O–H groups in total. The Labute approximate surface area is 84.2 Å². The monoisotopic (exact) mass is 190 g/mol. The lowest BCUT2D eigenvalue weighted by molar-refractivity contribution is 0.174. The van der Waals surface area contributed by atoms with Crippen molar-refractivity contribution in [3.8, 4) is 11.5 Å². The zero-order valence-corrected chi connectivity index (χ0v) is 8.54. The Bertz CT molecular complexity index is 367. The van der Waals surface area contributed by atoms with Crippen molar-refractivity contribution in [1.29, 1.82) is 0 Å². The molecule has 0 bridgehead atoms. The summed E-state index contributed by atoms with van der Waals surface area (Å²) < 4.78 is 10.6. The number of allylic oxidation sites excluding steroid dienone is 2. The topological polar surface area (TPSA) is 18.5 Å². The molecule has 0 amide bonds. The molecular weight excluding hydrogens is 176 g/mol. The second kappa shape index (κ2) is 3.74. The lowest BCUT2D eigenvalue weighted by Crippen LogP contribution is -1.92. The quantitative estimate of drug-likeness (QED) is 0.712. The Balaban J connectivity index is 2.33. The predicted octanol–water partition coefficient (Wildman–Crippen LogP) is 3.23. The van der Waals surface area contributed by atoms with Crippen LogP contribution in [0.1, 0.15) is 25.8 Å². The predicted molar refractivity (Wildman–Crippen MR) is 56.5 cm³/mol. The van der Waals surface area contributed by atoms with E-state index in [4.69, 9.17) is 9.47 Å². The van der Waals surface area contributed by atoms with Crippen LogP contribution in [-0.4, -0.2) is 6.79 Å². The third kappa shape index (κ3) is 1.60. The van der Waals surface area contributed by atoms with Crippen molar-refractivity contribution < 1.29 is 9.47 Å². The molecule has 2 rings (SSSR count). The Kier molecular flexibility index (Phi) is 2.44. The van der Waals surface area contributed by atoms with Crippen LogP contribution in [0.25, 0.3) is 5.57 Å². The molecule has 0 fully saturated rings. The molecule has 1 aromatic rings. The van der Waals surface area contributed by atoms with Crippen molar-refractivity contribution >= 4 is 5.57 Å². The molecule has 1 aromatic carbocycles. The van der Waals surface area contributed by atoms with Gasteiger partial charge in [-0.1, -0.05) is 19.1 Å². The normalized spacial score (nSPS) is 14.6. The van der Waals surface area contributed by atoms with Gasteiger partial charge in [-0.05, 0) is 36.6 Å². The van der Waals surface area contributed by atoms with Gasteiger partial charge in [-0.25, -0.2) is 0 Å². The van der Waals surface area contributed by atoms with Crippen molar-refractivity contribution in [2.75, 3.05) is 6.79 Å². The smallest absolute Gasteiger partial charge is 0.231 e. The molecule has 2 heteroatoms. The molecule has 1 aliphatic heterocycles. The van der Waals surface area contributed by atoms with E-state index < -0.39 is 0 Å². The fourth-order valence-corrected chi connectivity index (χ4v) is 1.57. The van der Waals surface area contributed by atoms with E-state index in [1.807, 2.05) is 12.1 Å². The highest BCUT2D eigenvalue weighted by atomic mass is 16.7. The fraction of sp³-hybridized carbons (Fsp3) is 0.333. The maximum Gasteiger partial charge on any atom is 0.231 e. The van der Waals surface area contributed by atoms with Crippen molar-refractivity contribution in [3.05, 3.63) is 29.8 Å². The van der Waals surface area contributed by atoms with Gasteiger partial charge in [-0.3, -0.25) is 0 Å². The van der Waals surface area contributed by atoms with Gasteiger partial charge in [0.1, 0.15) is 0 Å². The molecule has 2 nitrogen and oxygen atoms in total. The molecular formula is C12H14O2. The van der Waals surface area contributed by atoms with Gasteiger partial charge < -0.3 is 9.47 Å². The SMILES string of the molecule is CC/C=C(\C)c1ccc2c(c1)OCO2. The van der Waals surface area contributed by atoms with Crippen LogP contribution < -0.4 is 9.47 Å².